The number of anilines is 3. The lowest BCUT2D eigenvalue weighted by atomic mass is 9.90. The van der Waals surface area contributed by atoms with Gasteiger partial charge in [-0.05, 0) is 50.5 Å². The molecule has 6 rings (SSSR count). The van der Waals surface area contributed by atoms with Crippen molar-refractivity contribution in [2.45, 2.75) is 63.2 Å². The number of nitrogens with one attached hydrogen (secondary N) is 3. The third kappa shape index (κ3) is 4.70. The number of aromatic amines is 1. The second kappa shape index (κ2) is 9.21. The molecule has 4 heterocycles. The molecule has 3 aliphatic rings. The first-order valence-electron chi connectivity index (χ1n) is 12.2. The lowest BCUT2D eigenvalue weighted by Crippen LogP contribution is -2.46. The molecule has 0 aromatic carbocycles. The summed E-state index contributed by atoms with van der Waals surface area (Å²) in [5, 5.41) is 13.4. The molecule has 8 nitrogen and oxygen atoms in total. The fraction of sp³-hybridized carbons (Fsp3) is 0.609. The van der Waals surface area contributed by atoms with Gasteiger partial charge in [0.1, 0.15) is 16.3 Å². The summed E-state index contributed by atoms with van der Waals surface area (Å²) in [6.07, 6.45) is 3.07. The molecule has 0 spiro atoms. The van der Waals surface area contributed by atoms with E-state index in [1.54, 1.807) is 11.3 Å². The zero-order chi connectivity index (χ0) is 24.0. The van der Waals surface area contributed by atoms with Gasteiger partial charge in [0.25, 0.3) is 0 Å². The standard InChI is InChI=1S/C23H28F3N7OS/c24-23(25,26)17-12-18(32-31-17)28-22-29-20(19-15-2-1-3-16(15)35-21(19)30-22)27-13-4-6-14(7-5-13)33-8-10-34-11-9-33/h12-14H,1-11H2,(H3,27,28,29,30,31,32). The Morgan fingerprint density at radius 1 is 1.09 bits per heavy atom. The minimum absolute atomic E-state index is 0.0396. The zero-order valence-electron chi connectivity index (χ0n) is 19.2. The van der Waals surface area contributed by atoms with Gasteiger partial charge in [0, 0.05) is 36.1 Å². The quantitative estimate of drug-likeness (QED) is 0.460. The van der Waals surface area contributed by atoms with Crippen LogP contribution in [0.15, 0.2) is 6.07 Å². The molecular formula is C23H28F3N7OS. The number of ether oxygens (including phenoxy) is 1. The molecule has 1 aliphatic heterocycles. The van der Waals surface area contributed by atoms with Crippen molar-refractivity contribution < 1.29 is 17.9 Å². The highest BCUT2D eigenvalue weighted by molar-refractivity contribution is 7.19. The van der Waals surface area contributed by atoms with Crippen molar-refractivity contribution in [2.24, 2.45) is 0 Å². The van der Waals surface area contributed by atoms with Crippen LogP contribution in [-0.4, -0.2) is 63.5 Å². The topological polar surface area (TPSA) is 91.0 Å². The van der Waals surface area contributed by atoms with E-state index >= 15 is 0 Å². The minimum Gasteiger partial charge on any atom is -0.379 e. The molecule has 1 saturated carbocycles. The van der Waals surface area contributed by atoms with E-state index in [1.807, 2.05) is 5.10 Å². The lowest BCUT2D eigenvalue weighted by molar-refractivity contribution is -0.141. The number of H-pyrrole nitrogens is 1. The molecule has 2 fully saturated rings. The number of aromatic nitrogens is 4. The van der Waals surface area contributed by atoms with Crippen molar-refractivity contribution in [1.29, 1.82) is 0 Å². The van der Waals surface area contributed by atoms with E-state index in [2.05, 4.69) is 25.6 Å². The Kier molecular flexibility index (Phi) is 6.05. The van der Waals surface area contributed by atoms with Crippen molar-refractivity contribution in [2.75, 3.05) is 36.9 Å². The molecule has 3 aromatic rings. The average Bonchev–Trinajstić information content (AvgIpc) is 3.56. The molecule has 0 atom stereocenters. The van der Waals surface area contributed by atoms with Gasteiger partial charge in [-0.2, -0.15) is 23.3 Å². The summed E-state index contributed by atoms with van der Waals surface area (Å²) in [5.41, 5.74) is 0.409. The van der Waals surface area contributed by atoms with E-state index < -0.39 is 11.9 Å². The van der Waals surface area contributed by atoms with Gasteiger partial charge >= 0.3 is 6.18 Å². The molecule has 3 aromatic heterocycles. The molecular weight excluding hydrogens is 479 g/mol. The maximum absolute atomic E-state index is 13.0. The Morgan fingerprint density at radius 2 is 1.89 bits per heavy atom. The fourth-order valence-corrected chi connectivity index (χ4v) is 6.78. The summed E-state index contributed by atoms with van der Waals surface area (Å²) >= 11 is 1.66. The van der Waals surface area contributed by atoms with Crippen LogP contribution in [0.5, 0.6) is 0 Å². The predicted octanol–water partition coefficient (Wildman–Crippen LogP) is 4.72. The zero-order valence-corrected chi connectivity index (χ0v) is 20.1. The van der Waals surface area contributed by atoms with Gasteiger partial charge < -0.3 is 15.4 Å². The van der Waals surface area contributed by atoms with Crippen molar-refractivity contribution in [1.82, 2.24) is 25.1 Å². The molecule has 0 radical (unpaired) electrons. The SMILES string of the molecule is FC(F)(F)c1cc(Nc2nc(NC3CCC(N4CCOCC4)CC3)c3c4c(sc3n2)CCC4)n[nH]1. The first kappa shape index (κ1) is 23.0. The lowest BCUT2D eigenvalue weighted by Gasteiger charge is -2.39. The number of hydrogen-bond acceptors (Lipinski definition) is 8. The molecule has 2 aliphatic carbocycles. The maximum Gasteiger partial charge on any atom is 0.432 e. The Labute approximate surface area is 204 Å². The summed E-state index contributed by atoms with van der Waals surface area (Å²) < 4.78 is 44.4. The highest BCUT2D eigenvalue weighted by Crippen LogP contribution is 2.41. The van der Waals surface area contributed by atoms with Gasteiger partial charge in [0.15, 0.2) is 5.82 Å². The van der Waals surface area contributed by atoms with Crippen LogP contribution in [-0.2, 0) is 23.8 Å². The number of rotatable bonds is 5. The number of thiophene rings is 1. The van der Waals surface area contributed by atoms with Crippen LogP contribution >= 0.6 is 11.3 Å². The van der Waals surface area contributed by atoms with Gasteiger partial charge in [0.05, 0.1) is 18.6 Å². The first-order chi connectivity index (χ1) is 16.9. The second-order valence-electron chi connectivity index (χ2n) is 9.52. The molecule has 0 amide bonds. The number of fused-ring (bicyclic) bond motifs is 3. The molecule has 188 valence electrons. The molecule has 35 heavy (non-hydrogen) atoms. The summed E-state index contributed by atoms with van der Waals surface area (Å²) in [6.45, 7) is 3.65. The molecule has 3 N–H and O–H groups in total. The van der Waals surface area contributed by atoms with Crippen molar-refractivity contribution in [3.05, 3.63) is 22.2 Å². The van der Waals surface area contributed by atoms with Crippen LogP contribution in [0.25, 0.3) is 10.2 Å². The van der Waals surface area contributed by atoms with E-state index in [0.717, 1.165) is 93.3 Å². The Hall–Kier alpha value is -2.44. The van der Waals surface area contributed by atoms with Gasteiger partial charge in [-0.1, -0.05) is 0 Å². The summed E-state index contributed by atoms with van der Waals surface area (Å²) in [4.78, 5) is 14.1. The number of halogens is 3. The highest BCUT2D eigenvalue weighted by Gasteiger charge is 2.33. The smallest absolute Gasteiger partial charge is 0.379 e. The molecule has 1 saturated heterocycles. The second-order valence-corrected chi connectivity index (χ2v) is 10.6. The summed E-state index contributed by atoms with van der Waals surface area (Å²) in [7, 11) is 0. The molecule has 0 bridgehead atoms. The Balaban J connectivity index is 1.23. The van der Waals surface area contributed by atoms with E-state index in [1.165, 1.54) is 10.4 Å². The van der Waals surface area contributed by atoms with E-state index in [9.17, 15) is 13.2 Å². The van der Waals surface area contributed by atoms with Crippen molar-refractivity contribution in [3.8, 4) is 0 Å². The van der Waals surface area contributed by atoms with Gasteiger partial charge in [0.2, 0.25) is 5.95 Å². The Bertz CT molecular complexity index is 1200. The van der Waals surface area contributed by atoms with Crippen LogP contribution < -0.4 is 10.6 Å². The van der Waals surface area contributed by atoms with E-state index in [4.69, 9.17) is 9.72 Å². The monoisotopic (exact) mass is 507 g/mol. The number of nitrogens with zero attached hydrogens (tertiary/aromatic N) is 4. The number of aryl methyl sites for hydroxylation is 2. The number of hydrogen-bond donors (Lipinski definition) is 3. The average molecular weight is 508 g/mol. The maximum atomic E-state index is 13.0. The van der Waals surface area contributed by atoms with Crippen LogP contribution in [0.2, 0.25) is 0 Å². The third-order valence-electron chi connectivity index (χ3n) is 7.29. The highest BCUT2D eigenvalue weighted by atomic mass is 32.1. The number of morpholine rings is 1. The summed E-state index contributed by atoms with van der Waals surface area (Å²) in [6, 6.07) is 1.84. The van der Waals surface area contributed by atoms with Gasteiger partial charge in [-0.25, -0.2) is 4.98 Å². The number of alkyl halides is 3. The predicted molar refractivity (Wildman–Crippen MR) is 128 cm³/mol. The largest absolute Gasteiger partial charge is 0.432 e. The molecule has 12 heteroatoms. The van der Waals surface area contributed by atoms with Crippen LogP contribution in [0.3, 0.4) is 0 Å². The van der Waals surface area contributed by atoms with Crippen molar-refractivity contribution >= 4 is 39.1 Å². The van der Waals surface area contributed by atoms with E-state index in [-0.39, 0.29) is 11.8 Å². The molecule has 0 unspecified atom stereocenters. The van der Waals surface area contributed by atoms with E-state index in [0.29, 0.717) is 12.1 Å². The van der Waals surface area contributed by atoms with Crippen molar-refractivity contribution in [3.63, 3.8) is 0 Å². The van der Waals surface area contributed by atoms with Gasteiger partial charge in [-0.3, -0.25) is 10.00 Å². The fourth-order valence-electron chi connectivity index (χ4n) is 5.52. The van der Waals surface area contributed by atoms with Crippen LogP contribution in [0.4, 0.5) is 30.8 Å². The first-order valence-corrected chi connectivity index (χ1v) is 13.1. The van der Waals surface area contributed by atoms with Crippen LogP contribution in [0.1, 0.15) is 48.2 Å². The normalized spacial score (nSPS) is 23.5. The minimum atomic E-state index is -4.49. The van der Waals surface area contributed by atoms with Gasteiger partial charge in [-0.15, -0.1) is 11.3 Å². The van der Waals surface area contributed by atoms with Crippen LogP contribution in [0, 0.1) is 0 Å². The summed E-state index contributed by atoms with van der Waals surface area (Å²) in [5.74, 6) is 1.07. The Morgan fingerprint density at radius 3 is 2.63 bits per heavy atom. The third-order valence-corrected chi connectivity index (χ3v) is 8.47.